The molecule has 1 aliphatic rings. The van der Waals surface area contributed by atoms with Crippen molar-refractivity contribution < 1.29 is 0 Å². The van der Waals surface area contributed by atoms with Gasteiger partial charge in [-0.1, -0.05) is 59.2 Å². The van der Waals surface area contributed by atoms with Gasteiger partial charge in [0.2, 0.25) is 5.43 Å². The summed E-state index contributed by atoms with van der Waals surface area (Å²) < 4.78 is 2.12. The van der Waals surface area contributed by atoms with Crippen molar-refractivity contribution in [2.75, 3.05) is 0 Å². The summed E-state index contributed by atoms with van der Waals surface area (Å²) in [6, 6.07) is 15.8. The van der Waals surface area contributed by atoms with Gasteiger partial charge in [0.05, 0.1) is 10.0 Å². The summed E-state index contributed by atoms with van der Waals surface area (Å²) in [5.41, 5.74) is 3.73. The number of imidazole rings is 1. The average molecular weight is 473 g/mol. The van der Waals surface area contributed by atoms with Gasteiger partial charge in [-0.05, 0) is 55.5 Å². The molecule has 1 aliphatic carbocycles. The molecule has 0 amide bonds. The van der Waals surface area contributed by atoms with E-state index in [1.807, 2.05) is 36.4 Å². The molecular formula is C23H18Cl2N2OS2. The van der Waals surface area contributed by atoms with Crippen LogP contribution in [0.1, 0.15) is 28.8 Å². The van der Waals surface area contributed by atoms with Gasteiger partial charge in [0.15, 0.2) is 5.16 Å². The van der Waals surface area contributed by atoms with E-state index >= 15 is 0 Å². The molecule has 7 heteroatoms. The Hall–Kier alpha value is -1.79. The van der Waals surface area contributed by atoms with Crippen molar-refractivity contribution in [1.82, 2.24) is 9.55 Å². The number of nitrogens with zero attached hydrogens (tertiary/aromatic N) is 2. The van der Waals surface area contributed by atoms with Crippen molar-refractivity contribution in [3.63, 3.8) is 0 Å². The fraction of sp³-hybridized carbons (Fsp3) is 0.217. The third-order valence-electron chi connectivity index (χ3n) is 5.30. The van der Waals surface area contributed by atoms with Crippen molar-refractivity contribution in [2.24, 2.45) is 0 Å². The summed E-state index contributed by atoms with van der Waals surface area (Å²) in [5, 5.41) is 1.91. The quantitative estimate of drug-likeness (QED) is 0.302. The molecule has 0 saturated carbocycles. The number of thioether (sulfide) groups is 1. The van der Waals surface area contributed by atoms with Crippen LogP contribution >= 0.6 is 46.3 Å². The smallest absolute Gasteiger partial charge is 0.211 e. The van der Waals surface area contributed by atoms with Gasteiger partial charge in [0.1, 0.15) is 10.3 Å². The molecule has 5 rings (SSSR count). The van der Waals surface area contributed by atoms with Gasteiger partial charge in [0.25, 0.3) is 0 Å². The molecule has 2 heterocycles. The number of rotatable bonds is 4. The van der Waals surface area contributed by atoms with E-state index < -0.39 is 0 Å². The van der Waals surface area contributed by atoms with E-state index in [4.69, 9.17) is 28.2 Å². The lowest BCUT2D eigenvalue weighted by Crippen LogP contribution is -2.15. The van der Waals surface area contributed by atoms with Gasteiger partial charge in [-0.15, -0.1) is 11.3 Å². The first kappa shape index (κ1) is 20.1. The number of fused-ring (bicyclic) bond motifs is 2. The highest BCUT2D eigenvalue weighted by Gasteiger charge is 2.22. The van der Waals surface area contributed by atoms with Gasteiger partial charge >= 0.3 is 0 Å². The Morgan fingerprint density at radius 1 is 1.03 bits per heavy atom. The minimum Gasteiger partial charge on any atom is -0.287 e. The zero-order valence-corrected chi connectivity index (χ0v) is 19.2. The number of para-hydroxylation sites is 1. The van der Waals surface area contributed by atoms with Gasteiger partial charge in [0, 0.05) is 21.9 Å². The van der Waals surface area contributed by atoms with Crippen molar-refractivity contribution in [1.29, 1.82) is 0 Å². The van der Waals surface area contributed by atoms with Crippen molar-refractivity contribution in [3.8, 4) is 5.69 Å². The highest BCUT2D eigenvalue weighted by Crippen LogP contribution is 2.35. The van der Waals surface area contributed by atoms with Crippen molar-refractivity contribution in [3.05, 3.63) is 84.8 Å². The number of halogens is 2. The van der Waals surface area contributed by atoms with Gasteiger partial charge in [-0.2, -0.15) is 0 Å². The normalized spacial score (nSPS) is 13.5. The first-order chi connectivity index (χ1) is 14.6. The van der Waals surface area contributed by atoms with E-state index in [2.05, 4.69) is 16.7 Å². The largest absolute Gasteiger partial charge is 0.287 e. The second kappa shape index (κ2) is 8.39. The molecule has 3 nitrogen and oxygen atoms in total. The van der Waals surface area contributed by atoms with Crippen LogP contribution in [-0.4, -0.2) is 9.55 Å². The lowest BCUT2D eigenvalue weighted by atomic mass is 9.98. The molecule has 0 saturated heterocycles. The van der Waals surface area contributed by atoms with Crippen LogP contribution in [0.15, 0.2) is 58.5 Å². The molecule has 2 aromatic carbocycles. The summed E-state index contributed by atoms with van der Waals surface area (Å²) in [4.78, 5) is 20.2. The molecule has 0 atom stereocenters. The van der Waals surface area contributed by atoms with Crippen LogP contribution in [0.5, 0.6) is 0 Å². The molecule has 4 aromatic rings. The van der Waals surface area contributed by atoms with Crippen LogP contribution in [0.3, 0.4) is 0 Å². The maximum Gasteiger partial charge on any atom is 0.211 e. The monoisotopic (exact) mass is 472 g/mol. The molecule has 0 bridgehead atoms. The average Bonchev–Trinajstić information content (AvgIpc) is 3.14. The Kier molecular flexibility index (Phi) is 5.63. The Balaban J connectivity index is 1.63. The summed E-state index contributed by atoms with van der Waals surface area (Å²) in [7, 11) is 0. The number of aromatic nitrogens is 2. The Labute approximate surface area is 192 Å². The highest BCUT2D eigenvalue weighted by molar-refractivity contribution is 7.98. The van der Waals surface area contributed by atoms with Gasteiger partial charge in [-0.3, -0.25) is 9.36 Å². The van der Waals surface area contributed by atoms with E-state index in [0.29, 0.717) is 21.3 Å². The standard InChI is InChI=1S/C23H18Cl2N2OS2/c24-17-11-10-14(12-18(17)25)13-29-23-26-20-21(28)16-8-4-5-9-19(16)30-22(20)27(23)15-6-2-1-3-7-15/h1-3,6-7,10-12H,4-5,8-9,13H2. The van der Waals surface area contributed by atoms with E-state index in [9.17, 15) is 4.79 Å². The summed E-state index contributed by atoms with van der Waals surface area (Å²) in [6.07, 6.45) is 4.08. The Morgan fingerprint density at radius 3 is 2.63 bits per heavy atom. The summed E-state index contributed by atoms with van der Waals surface area (Å²) >= 11 is 15.6. The van der Waals surface area contributed by atoms with E-state index in [1.54, 1.807) is 23.1 Å². The molecule has 0 spiro atoms. The van der Waals surface area contributed by atoms with Gasteiger partial charge < -0.3 is 0 Å². The maximum atomic E-state index is 13.2. The topological polar surface area (TPSA) is 34.9 Å². The number of aryl methyl sites for hydroxylation is 1. The van der Waals surface area contributed by atoms with E-state index in [0.717, 1.165) is 52.5 Å². The molecule has 0 aliphatic heterocycles. The van der Waals surface area contributed by atoms with Crippen LogP contribution in [0.25, 0.3) is 16.0 Å². The molecule has 0 radical (unpaired) electrons. The number of benzene rings is 2. The van der Waals surface area contributed by atoms with Crippen LogP contribution in [-0.2, 0) is 18.6 Å². The Bertz CT molecular complexity index is 1300. The third-order valence-corrected chi connectivity index (χ3v) is 8.31. The van der Waals surface area contributed by atoms with Crippen molar-refractivity contribution in [2.45, 2.75) is 36.6 Å². The lowest BCUT2D eigenvalue weighted by molar-refractivity contribution is 0.692. The number of hydrogen-bond donors (Lipinski definition) is 0. The minimum absolute atomic E-state index is 0.101. The second-order valence-electron chi connectivity index (χ2n) is 7.30. The third kappa shape index (κ3) is 3.69. The number of hydrogen-bond acceptors (Lipinski definition) is 4. The van der Waals surface area contributed by atoms with Crippen molar-refractivity contribution >= 4 is 56.6 Å². The summed E-state index contributed by atoms with van der Waals surface area (Å²) in [6.45, 7) is 0. The highest BCUT2D eigenvalue weighted by atomic mass is 35.5. The fourth-order valence-corrected chi connectivity index (χ4v) is 6.45. The zero-order chi connectivity index (χ0) is 20.7. The van der Waals surface area contributed by atoms with Crippen LogP contribution < -0.4 is 5.43 Å². The molecule has 152 valence electrons. The molecular weight excluding hydrogens is 455 g/mol. The van der Waals surface area contributed by atoms with Crippen LogP contribution in [0.2, 0.25) is 10.0 Å². The van der Waals surface area contributed by atoms with Gasteiger partial charge in [-0.25, -0.2) is 4.98 Å². The molecule has 2 aromatic heterocycles. The predicted octanol–water partition coefficient (Wildman–Crippen LogP) is 6.93. The fourth-order valence-electron chi connectivity index (χ4n) is 3.80. The lowest BCUT2D eigenvalue weighted by Gasteiger charge is -2.14. The maximum absolute atomic E-state index is 13.2. The second-order valence-corrected chi connectivity index (χ2v) is 10.1. The minimum atomic E-state index is 0.101. The van der Waals surface area contributed by atoms with Crippen LogP contribution in [0, 0.1) is 0 Å². The molecule has 0 unspecified atom stereocenters. The zero-order valence-electron chi connectivity index (χ0n) is 16.0. The predicted molar refractivity (Wildman–Crippen MR) is 128 cm³/mol. The SMILES string of the molecule is O=c1c2c(sc3c1nc(SCc1ccc(Cl)c(Cl)c1)n3-c1ccccc1)CCCC2. The van der Waals surface area contributed by atoms with E-state index in [-0.39, 0.29) is 5.43 Å². The molecule has 0 N–H and O–H groups in total. The first-order valence-corrected chi connectivity index (χ1v) is 12.4. The molecule has 30 heavy (non-hydrogen) atoms. The van der Waals surface area contributed by atoms with E-state index in [1.165, 1.54) is 4.88 Å². The summed E-state index contributed by atoms with van der Waals surface area (Å²) in [5.74, 6) is 0.686. The van der Waals surface area contributed by atoms with Crippen LogP contribution in [0.4, 0.5) is 0 Å². The molecule has 0 fully saturated rings. The first-order valence-electron chi connectivity index (χ1n) is 9.81. The Morgan fingerprint density at radius 2 is 1.83 bits per heavy atom.